The number of nitrogen functional groups attached to an aromatic ring is 1. The minimum Gasteiger partial charge on any atom is -0.397 e. The lowest BCUT2D eigenvalue weighted by molar-refractivity contribution is 0.0965. The molecule has 0 spiro atoms. The average molecular weight is 309 g/mol. The molecule has 0 fully saturated rings. The second kappa shape index (κ2) is 3.02. The molecule has 5 heteroatoms. The number of fused-ring (bicyclic) bond motifs is 1. The fourth-order valence-electron chi connectivity index (χ4n) is 1.37. The van der Waals surface area contributed by atoms with Crippen LogP contribution in [0.3, 0.4) is 0 Å². The summed E-state index contributed by atoms with van der Waals surface area (Å²) in [6.45, 7) is 0.480. The van der Waals surface area contributed by atoms with Crippen LogP contribution in [0.2, 0.25) is 5.02 Å². The molecule has 1 aromatic carbocycles. The predicted octanol–water partition coefficient (Wildman–Crippen LogP) is 1.77. The lowest BCUT2D eigenvalue weighted by Crippen LogP contribution is -2.13. The fourth-order valence-corrected chi connectivity index (χ4v) is 2.49. The van der Waals surface area contributed by atoms with Crippen LogP contribution in [0.1, 0.15) is 15.9 Å². The van der Waals surface area contributed by atoms with Gasteiger partial charge in [-0.3, -0.25) is 4.79 Å². The van der Waals surface area contributed by atoms with Crippen molar-refractivity contribution in [3.05, 3.63) is 25.8 Å². The molecule has 0 unspecified atom stereocenters. The van der Waals surface area contributed by atoms with E-state index in [0.717, 1.165) is 9.13 Å². The van der Waals surface area contributed by atoms with Gasteiger partial charge >= 0.3 is 0 Å². The zero-order chi connectivity index (χ0) is 9.59. The van der Waals surface area contributed by atoms with E-state index in [4.69, 9.17) is 17.3 Å². The third-order valence-electron chi connectivity index (χ3n) is 1.99. The first-order valence-electron chi connectivity index (χ1n) is 3.66. The Morgan fingerprint density at radius 1 is 1.62 bits per heavy atom. The number of hydrogen-bond acceptors (Lipinski definition) is 2. The summed E-state index contributed by atoms with van der Waals surface area (Å²) < 4.78 is 0.851. The number of nitrogens with one attached hydrogen (secondary N) is 1. The number of rotatable bonds is 0. The van der Waals surface area contributed by atoms with Gasteiger partial charge in [-0.1, -0.05) is 11.6 Å². The Hall–Kier alpha value is -0.490. The molecule has 0 aliphatic carbocycles. The van der Waals surface area contributed by atoms with E-state index in [9.17, 15) is 4.79 Å². The van der Waals surface area contributed by atoms with Crippen molar-refractivity contribution in [3.8, 4) is 0 Å². The maximum atomic E-state index is 11.3. The highest BCUT2D eigenvalue weighted by molar-refractivity contribution is 14.1. The van der Waals surface area contributed by atoms with Crippen LogP contribution in [0.25, 0.3) is 0 Å². The lowest BCUT2D eigenvalue weighted by Gasteiger charge is -2.05. The van der Waals surface area contributed by atoms with E-state index in [-0.39, 0.29) is 5.91 Å². The number of hydrogen-bond donors (Lipinski definition) is 2. The monoisotopic (exact) mass is 308 g/mol. The molecule has 0 radical (unpaired) electrons. The molecule has 1 aromatic rings. The summed E-state index contributed by atoms with van der Waals surface area (Å²) >= 11 is 8.04. The molecule has 0 bridgehead atoms. The highest BCUT2D eigenvalue weighted by Gasteiger charge is 2.25. The minimum absolute atomic E-state index is 0.0682. The normalized spacial score (nSPS) is 14.2. The van der Waals surface area contributed by atoms with Gasteiger partial charge in [-0.15, -0.1) is 0 Å². The van der Waals surface area contributed by atoms with Crippen molar-refractivity contribution >= 4 is 45.8 Å². The second-order valence-electron chi connectivity index (χ2n) is 2.80. The second-order valence-corrected chi connectivity index (χ2v) is 4.34. The smallest absolute Gasteiger partial charge is 0.253 e. The summed E-state index contributed by atoms with van der Waals surface area (Å²) in [5.74, 6) is -0.0682. The Kier molecular flexibility index (Phi) is 2.11. The summed E-state index contributed by atoms with van der Waals surface area (Å²) in [5.41, 5.74) is 7.67. The van der Waals surface area contributed by atoms with Crippen LogP contribution in [-0.4, -0.2) is 5.91 Å². The summed E-state index contributed by atoms with van der Waals surface area (Å²) in [4.78, 5) is 11.3. The maximum Gasteiger partial charge on any atom is 0.253 e. The molecule has 1 aliphatic heterocycles. The minimum atomic E-state index is -0.0682. The van der Waals surface area contributed by atoms with Crippen molar-refractivity contribution in [1.29, 1.82) is 0 Å². The lowest BCUT2D eigenvalue weighted by atomic mass is 10.1. The van der Waals surface area contributed by atoms with Gasteiger partial charge in [-0.25, -0.2) is 0 Å². The Morgan fingerprint density at radius 2 is 2.31 bits per heavy atom. The number of amides is 1. The van der Waals surface area contributed by atoms with Crippen molar-refractivity contribution in [3.63, 3.8) is 0 Å². The van der Waals surface area contributed by atoms with Gasteiger partial charge in [0.2, 0.25) is 0 Å². The first-order chi connectivity index (χ1) is 6.11. The van der Waals surface area contributed by atoms with Crippen LogP contribution in [0.15, 0.2) is 6.07 Å². The third kappa shape index (κ3) is 1.28. The number of halogens is 2. The first-order valence-corrected chi connectivity index (χ1v) is 5.11. The molecule has 2 rings (SSSR count). The highest BCUT2D eigenvalue weighted by Crippen LogP contribution is 2.33. The first kappa shape index (κ1) is 9.08. The summed E-state index contributed by atoms with van der Waals surface area (Å²) in [7, 11) is 0. The molecule has 1 heterocycles. The molecule has 0 atom stereocenters. The van der Waals surface area contributed by atoms with Crippen molar-refractivity contribution < 1.29 is 4.79 Å². The standard InChI is InChI=1S/C8H6ClIN2O/c9-7-3-2-12-8(13)6(3)4(10)1-5(7)11/h1H,2,11H2,(H,12,13). The largest absolute Gasteiger partial charge is 0.397 e. The Morgan fingerprint density at radius 3 is 3.00 bits per heavy atom. The molecular formula is C8H6ClIN2O. The van der Waals surface area contributed by atoms with Gasteiger partial charge in [0.1, 0.15) is 0 Å². The highest BCUT2D eigenvalue weighted by atomic mass is 127. The molecule has 1 aliphatic rings. The number of anilines is 1. The van der Waals surface area contributed by atoms with Gasteiger partial charge in [0.25, 0.3) is 5.91 Å². The number of carbonyl (C=O) groups excluding carboxylic acids is 1. The molecule has 68 valence electrons. The zero-order valence-corrected chi connectivity index (χ0v) is 9.44. The topological polar surface area (TPSA) is 55.1 Å². The van der Waals surface area contributed by atoms with Crippen molar-refractivity contribution in [2.45, 2.75) is 6.54 Å². The van der Waals surface area contributed by atoms with E-state index in [1.54, 1.807) is 6.07 Å². The van der Waals surface area contributed by atoms with Crippen LogP contribution in [0.4, 0.5) is 5.69 Å². The van der Waals surface area contributed by atoms with Gasteiger partial charge < -0.3 is 11.1 Å². The summed E-state index contributed by atoms with van der Waals surface area (Å²) in [6.07, 6.45) is 0. The van der Waals surface area contributed by atoms with Gasteiger partial charge in [-0.05, 0) is 28.7 Å². The molecule has 3 nitrogen and oxygen atoms in total. The van der Waals surface area contributed by atoms with E-state index < -0.39 is 0 Å². The molecule has 0 saturated heterocycles. The number of carbonyl (C=O) groups is 1. The third-order valence-corrected chi connectivity index (χ3v) is 3.29. The molecule has 0 saturated carbocycles. The van der Waals surface area contributed by atoms with Gasteiger partial charge in [-0.2, -0.15) is 0 Å². The number of nitrogens with two attached hydrogens (primary N) is 1. The van der Waals surface area contributed by atoms with Gasteiger partial charge in [0, 0.05) is 15.7 Å². The van der Waals surface area contributed by atoms with E-state index in [1.165, 1.54) is 0 Å². The van der Waals surface area contributed by atoms with E-state index in [1.807, 2.05) is 0 Å². The van der Waals surface area contributed by atoms with E-state index in [2.05, 4.69) is 27.9 Å². The van der Waals surface area contributed by atoms with Crippen LogP contribution >= 0.6 is 34.2 Å². The summed E-state index contributed by atoms with van der Waals surface area (Å²) in [6, 6.07) is 1.71. The van der Waals surface area contributed by atoms with Gasteiger partial charge in [0.05, 0.1) is 16.3 Å². The van der Waals surface area contributed by atoms with Crippen LogP contribution in [0.5, 0.6) is 0 Å². The predicted molar refractivity (Wildman–Crippen MR) is 59.8 cm³/mol. The molecule has 0 aromatic heterocycles. The van der Waals surface area contributed by atoms with Crippen molar-refractivity contribution in [2.24, 2.45) is 0 Å². The van der Waals surface area contributed by atoms with Crippen molar-refractivity contribution in [2.75, 3.05) is 5.73 Å². The SMILES string of the molecule is Nc1cc(I)c2c(c1Cl)CNC2=O. The van der Waals surface area contributed by atoms with Crippen LogP contribution in [-0.2, 0) is 6.54 Å². The Bertz CT molecular complexity index is 406. The molecule has 3 N–H and O–H groups in total. The maximum absolute atomic E-state index is 11.3. The van der Waals surface area contributed by atoms with E-state index >= 15 is 0 Å². The van der Waals surface area contributed by atoms with Crippen molar-refractivity contribution in [1.82, 2.24) is 5.32 Å². The summed E-state index contributed by atoms with van der Waals surface area (Å²) in [5, 5.41) is 3.20. The average Bonchev–Trinajstić information content (AvgIpc) is 2.44. The van der Waals surface area contributed by atoms with Crippen LogP contribution < -0.4 is 11.1 Å². The van der Waals surface area contributed by atoms with Gasteiger partial charge in [0.15, 0.2) is 0 Å². The Balaban J connectivity index is 2.76. The molecule has 1 amide bonds. The molecular weight excluding hydrogens is 302 g/mol. The fraction of sp³-hybridized carbons (Fsp3) is 0.125. The van der Waals surface area contributed by atoms with Crippen LogP contribution in [0, 0.1) is 3.57 Å². The quantitative estimate of drug-likeness (QED) is 0.567. The zero-order valence-electron chi connectivity index (χ0n) is 6.53. The molecule has 13 heavy (non-hydrogen) atoms. The van der Waals surface area contributed by atoms with E-state index in [0.29, 0.717) is 22.8 Å². The number of benzene rings is 1. The Labute approximate surface area is 93.8 Å².